The fourth-order valence-electron chi connectivity index (χ4n) is 3.47. The number of hydrogen-bond donors (Lipinski definition) is 0. The van der Waals surface area contributed by atoms with Crippen LogP contribution in [-0.4, -0.2) is 27.3 Å². The highest BCUT2D eigenvalue weighted by Crippen LogP contribution is 2.30. The highest BCUT2D eigenvalue weighted by molar-refractivity contribution is 6.33. The van der Waals surface area contributed by atoms with Gasteiger partial charge in [-0.2, -0.15) is 0 Å². The van der Waals surface area contributed by atoms with Crippen LogP contribution in [-0.2, 0) is 0 Å². The van der Waals surface area contributed by atoms with Gasteiger partial charge in [0.25, 0.3) is 0 Å². The lowest BCUT2D eigenvalue weighted by Crippen LogP contribution is -2.16. The maximum Gasteiger partial charge on any atom is 0.163 e. The molecule has 0 N–H and O–H groups in total. The van der Waals surface area contributed by atoms with Crippen LogP contribution in [0.1, 0.15) is 50.6 Å². The standard InChI is InChI=1S/C24H19B2FO2/c1-15-21(9-4-10-22(15)27)18(13-23(28)16-5-2-7-19(25)11-16)14-24(29)17-6-3-8-20(26)12-17/h2-12,18H,13-14H2,1H3. The van der Waals surface area contributed by atoms with E-state index in [1.54, 1.807) is 67.6 Å². The fourth-order valence-corrected chi connectivity index (χ4v) is 3.47. The number of hydrogen-bond acceptors (Lipinski definition) is 2. The monoisotopic (exact) mass is 380 g/mol. The van der Waals surface area contributed by atoms with Gasteiger partial charge in [-0.15, -0.1) is 0 Å². The third-order valence-corrected chi connectivity index (χ3v) is 5.03. The summed E-state index contributed by atoms with van der Waals surface area (Å²) in [4.78, 5) is 25.7. The van der Waals surface area contributed by atoms with E-state index in [2.05, 4.69) is 0 Å². The SMILES string of the molecule is [B]c1cccc(C(=O)CC(CC(=O)c2cccc([B])c2)c2cccc(F)c2C)c1. The quantitative estimate of drug-likeness (QED) is 0.466. The Morgan fingerprint density at radius 1 is 0.828 bits per heavy atom. The minimum absolute atomic E-state index is 0.0712. The van der Waals surface area contributed by atoms with Crippen molar-refractivity contribution in [1.82, 2.24) is 0 Å². The van der Waals surface area contributed by atoms with E-state index in [0.29, 0.717) is 33.2 Å². The van der Waals surface area contributed by atoms with Crippen LogP contribution in [0.15, 0.2) is 66.7 Å². The molecule has 0 aromatic heterocycles. The van der Waals surface area contributed by atoms with Crippen molar-refractivity contribution in [3.8, 4) is 0 Å². The molecule has 0 aliphatic heterocycles. The third kappa shape index (κ3) is 5.11. The van der Waals surface area contributed by atoms with Crippen molar-refractivity contribution in [2.45, 2.75) is 25.7 Å². The van der Waals surface area contributed by atoms with Crippen LogP contribution in [0.5, 0.6) is 0 Å². The van der Waals surface area contributed by atoms with Crippen molar-refractivity contribution >= 4 is 38.2 Å². The van der Waals surface area contributed by atoms with Gasteiger partial charge in [0, 0.05) is 24.0 Å². The maximum absolute atomic E-state index is 14.2. The molecule has 3 rings (SSSR count). The molecule has 3 aromatic rings. The van der Waals surface area contributed by atoms with Gasteiger partial charge in [-0.3, -0.25) is 9.59 Å². The summed E-state index contributed by atoms with van der Waals surface area (Å²) in [5.41, 5.74) is 3.02. The summed E-state index contributed by atoms with van der Waals surface area (Å²) >= 11 is 0. The summed E-state index contributed by atoms with van der Waals surface area (Å²) in [5.74, 6) is -1.12. The van der Waals surface area contributed by atoms with Gasteiger partial charge in [0.2, 0.25) is 0 Å². The van der Waals surface area contributed by atoms with Crippen LogP contribution in [0.3, 0.4) is 0 Å². The number of benzene rings is 3. The highest BCUT2D eigenvalue weighted by Gasteiger charge is 2.23. The highest BCUT2D eigenvalue weighted by atomic mass is 19.1. The Morgan fingerprint density at radius 3 is 1.79 bits per heavy atom. The zero-order chi connectivity index (χ0) is 21.0. The van der Waals surface area contributed by atoms with E-state index in [4.69, 9.17) is 15.7 Å². The molecule has 0 spiro atoms. The molecule has 0 aliphatic carbocycles. The van der Waals surface area contributed by atoms with Crippen LogP contribution in [0, 0.1) is 12.7 Å². The molecule has 0 amide bonds. The van der Waals surface area contributed by atoms with Gasteiger partial charge in [-0.1, -0.05) is 71.6 Å². The lowest BCUT2D eigenvalue weighted by Gasteiger charge is -2.19. The predicted molar refractivity (Wildman–Crippen MR) is 115 cm³/mol. The molecule has 3 aromatic carbocycles. The van der Waals surface area contributed by atoms with Crippen LogP contribution in [0.2, 0.25) is 0 Å². The fraction of sp³-hybridized carbons (Fsp3) is 0.167. The van der Waals surface area contributed by atoms with E-state index in [0.717, 1.165) is 0 Å². The summed E-state index contributed by atoms with van der Waals surface area (Å²) in [6, 6.07) is 18.2. The van der Waals surface area contributed by atoms with E-state index >= 15 is 0 Å². The zero-order valence-corrected chi connectivity index (χ0v) is 16.2. The smallest absolute Gasteiger partial charge is 0.163 e. The summed E-state index contributed by atoms with van der Waals surface area (Å²) in [5, 5.41) is 0. The average Bonchev–Trinajstić information content (AvgIpc) is 2.69. The summed E-state index contributed by atoms with van der Waals surface area (Å²) in [6.07, 6.45) is 0.142. The Hall–Kier alpha value is -2.94. The van der Waals surface area contributed by atoms with Crippen molar-refractivity contribution < 1.29 is 14.0 Å². The largest absolute Gasteiger partial charge is 0.294 e. The number of carbonyl (C=O) groups is 2. The zero-order valence-electron chi connectivity index (χ0n) is 16.2. The second-order valence-corrected chi connectivity index (χ2v) is 7.16. The first kappa shape index (κ1) is 20.8. The van der Waals surface area contributed by atoms with Gasteiger partial charge >= 0.3 is 0 Å². The van der Waals surface area contributed by atoms with Crippen LogP contribution < -0.4 is 10.9 Å². The van der Waals surface area contributed by atoms with Crippen molar-refractivity contribution in [1.29, 1.82) is 0 Å². The van der Waals surface area contributed by atoms with Gasteiger partial charge in [0.15, 0.2) is 11.6 Å². The van der Waals surface area contributed by atoms with Gasteiger partial charge in [0.05, 0.1) is 0 Å². The van der Waals surface area contributed by atoms with E-state index in [1.165, 1.54) is 6.07 Å². The van der Waals surface area contributed by atoms with Crippen LogP contribution in [0.4, 0.5) is 4.39 Å². The Morgan fingerprint density at radius 2 is 1.31 bits per heavy atom. The summed E-state index contributed by atoms with van der Waals surface area (Å²) in [7, 11) is 11.6. The van der Waals surface area contributed by atoms with Crippen molar-refractivity contribution in [3.63, 3.8) is 0 Å². The number of halogens is 1. The van der Waals surface area contributed by atoms with Crippen molar-refractivity contribution in [3.05, 3.63) is 94.8 Å². The number of Topliss-reactive ketones (excluding diaryl/α,β-unsaturated/α-hetero) is 2. The summed E-state index contributed by atoms with van der Waals surface area (Å²) in [6.45, 7) is 1.66. The van der Waals surface area contributed by atoms with Gasteiger partial charge in [-0.25, -0.2) is 4.39 Å². The van der Waals surface area contributed by atoms with Crippen LogP contribution >= 0.6 is 0 Å². The molecule has 0 saturated carbocycles. The Balaban J connectivity index is 1.92. The lowest BCUT2D eigenvalue weighted by molar-refractivity contribution is 0.0944. The molecular formula is C24H19B2FO2. The van der Waals surface area contributed by atoms with Gasteiger partial charge in [-0.05, 0) is 30.0 Å². The predicted octanol–water partition coefficient (Wildman–Crippen LogP) is 3.35. The Kier molecular flexibility index (Phi) is 6.48. The topological polar surface area (TPSA) is 34.1 Å². The third-order valence-electron chi connectivity index (χ3n) is 5.03. The lowest BCUT2D eigenvalue weighted by atomic mass is 9.83. The molecule has 0 heterocycles. The number of rotatable bonds is 7. The Bertz CT molecular complexity index is 1000. The Labute approximate surface area is 173 Å². The second-order valence-electron chi connectivity index (χ2n) is 7.16. The van der Waals surface area contributed by atoms with Gasteiger partial charge < -0.3 is 0 Å². The minimum Gasteiger partial charge on any atom is -0.294 e. The van der Waals surface area contributed by atoms with E-state index in [-0.39, 0.29) is 30.2 Å². The van der Waals surface area contributed by atoms with Gasteiger partial charge in [0.1, 0.15) is 21.5 Å². The molecule has 0 saturated heterocycles. The van der Waals surface area contributed by atoms with E-state index < -0.39 is 5.92 Å². The molecule has 0 atom stereocenters. The second kappa shape index (κ2) is 9.04. The first-order valence-corrected chi connectivity index (χ1v) is 9.37. The molecule has 0 fully saturated rings. The normalized spacial score (nSPS) is 10.9. The van der Waals surface area contributed by atoms with Crippen LogP contribution in [0.25, 0.3) is 0 Å². The van der Waals surface area contributed by atoms with E-state index in [9.17, 15) is 14.0 Å². The molecule has 5 heteroatoms. The molecule has 4 radical (unpaired) electrons. The van der Waals surface area contributed by atoms with Crippen molar-refractivity contribution in [2.24, 2.45) is 0 Å². The molecule has 0 bridgehead atoms. The molecule has 29 heavy (non-hydrogen) atoms. The molecule has 140 valence electrons. The molecule has 2 nitrogen and oxygen atoms in total. The average molecular weight is 380 g/mol. The number of carbonyl (C=O) groups excluding carboxylic acids is 2. The molecule has 0 unspecified atom stereocenters. The first-order valence-electron chi connectivity index (χ1n) is 9.37. The van der Waals surface area contributed by atoms with E-state index in [1.807, 2.05) is 0 Å². The summed E-state index contributed by atoms with van der Waals surface area (Å²) < 4.78 is 14.2. The molecule has 0 aliphatic rings. The first-order chi connectivity index (χ1) is 13.8. The van der Waals surface area contributed by atoms with Crippen molar-refractivity contribution in [2.75, 3.05) is 0 Å². The molecular weight excluding hydrogens is 361 g/mol. The maximum atomic E-state index is 14.2. The minimum atomic E-state index is -0.464. The number of ketones is 2.